The lowest BCUT2D eigenvalue weighted by Crippen LogP contribution is -2.37. The van der Waals surface area contributed by atoms with Gasteiger partial charge in [-0.1, -0.05) is 25.7 Å². The molecule has 2 aliphatic rings. The number of ether oxygens (including phenoxy) is 1. The van der Waals surface area contributed by atoms with Gasteiger partial charge in [0.25, 0.3) is 0 Å². The molecule has 2 unspecified atom stereocenters. The highest BCUT2D eigenvalue weighted by Crippen LogP contribution is 2.45. The van der Waals surface area contributed by atoms with E-state index in [0.29, 0.717) is 0 Å². The van der Waals surface area contributed by atoms with E-state index < -0.39 is 0 Å². The molecule has 0 aromatic carbocycles. The maximum Gasteiger partial charge on any atom is 0.0687 e. The van der Waals surface area contributed by atoms with E-state index in [1.54, 1.807) is 0 Å². The fourth-order valence-corrected chi connectivity index (χ4v) is 3.96. The summed E-state index contributed by atoms with van der Waals surface area (Å²) >= 11 is 0. The van der Waals surface area contributed by atoms with Crippen LogP contribution < -0.4 is 0 Å². The molecule has 1 saturated heterocycles. The molecule has 2 heteroatoms. The van der Waals surface area contributed by atoms with Crippen LogP contribution in [0.15, 0.2) is 0 Å². The monoisotopic (exact) mass is 240 g/mol. The van der Waals surface area contributed by atoms with Crippen molar-refractivity contribution in [3.63, 3.8) is 0 Å². The van der Waals surface area contributed by atoms with Crippen molar-refractivity contribution in [2.75, 3.05) is 0 Å². The van der Waals surface area contributed by atoms with Crippen LogP contribution in [0.25, 0.3) is 0 Å². The Hall–Kier alpha value is -0.0800. The van der Waals surface area contributed by atoms with Crippen molar-refractivity contribution in [2.24, 2.45) is 11.8 Å². The molecule has 1 aliphatic heterocycles. The van der Waals surface area contributed by atoms with Gasteiger partial charge in [0.1, 0.15) is 0 Å². The lowest BCUT2D eigenvalue weighted by atomic mass is 9.80. The van der Waals surface area contributed by atoms with Crippen LogP contribution in [0.4, 0.5) is 0 Å². The minimum Gasteiger partial charge on any atom is -0.393 e. The van der Waals surface area contributed by atoms with Gasteiger partial charge in [-0.15, -0.1) is 0 Å². The molecule has 2 rings (SSSR count). The Morgan fingerprint density at radius 2 is 1.76 bits per heavy atom. The van der Waals surface area contributed by atoms with Gasteiger partial charge >= 0.3 is 0 Å². The van der Waals surface area contributed by atoms with Crippen LogP contribution in [-0.4, -0.2) is 22.4 Å². The first kappa shape index (κ1) is 13.4. The lowest BCUT2D eigenvalue weighted by Gasteiger charge is -2.31. The van der Waals surface area contributed by atoms with Crippen LogP contribution in [-0.2, 0) is 4.74 Å². The third kappa shape index (κ3) is 3.03. The Bertz CT molecular complexity index is 264. The van der Waals surface area contributed by atoms with E-state index in [4.69, 9.17) is 4.74 Å². The Labute approximate surface area is 106 Å². The number of hydrogen-bond donors (Lipinski definition) is 1. The molecule has 0 radical (unpaired) electrons. The zero-order valence-corrected chi connectivity index (χ0v) is 11.8. The van der Waals surface area contributed by atoms with Crippen molar-refractivity contribution in [3.8, 4) is 0 Å². The number of rotatable bonds is 3. The molecule has 2 nitrogen and oxygen atoms in total. The second-order valence-electron chi connectivity index (χ2n) is 7.23. The van der Waals surface area contributed by atoms with E-state index in [2.05, 4.69) is 27.7 Å². The van der Waals surface area contributed by atoms with Gasteiger partial charge in [-0.05, 0) is 46.5 Å². The molecule has 1 saturated carbocycles. The van der Waals surface area contributed by atoms with Gasteiger partial charge in [0.05, 0.1) is 17.3 Å². The molecule has 2 atom stereocenters. The average molecular weight is 240 g/mol. The fraction of sp³-hybridized carbons (Fsp3) is 1.00. The van der Waals surface area contributed by atoms with E-state index in [1.165, 1.54) is 25.7 Å². The van der Waals surface area contributed by atoms with Gasteiger partial charge < -0.3 is 9.84 Å². The molecule has 0 aromatic rings. The molecular weight excluding hydrogens is 212 g/mol. The zero-order chi connectivity index (χ0) is 12.7. The molecule has 100 valence electrons. The van der Waals surface area contributed by atoms with E-state index in [0.717, 1.165) is 18.8 Å². The summed E-state index contributed by atoms with van der Waals surface area (Å²) in [6.07, 6.45) is 7.11. The Balaban J connectivity index is 1.96. The number of hydrogen-bond acceptors (Lipinski definition) is 2. The minimum atomic E-state index is -0.185. The Kier molecular flexibility index (Phi) is 3.57. The van der Waals surface area contributed by atoms with Gasteiger partial charge in [-0.2, -0.15) is 0 Å². The molecular formula is C15H28O2. The highest BCUT2D eigenvalue weighted by Gasteiger charge is 2.48. The molecule has 0 spiro atoms. The quantitative estimate of drug-likeness (QED) is 0.818. The summed E-state index contributed by atoms with van der Waals surface area (Å²) in [5.41, 5.74) is -0.258. The average Bonchev–Trinajstić information content (AvgIpc) is 2.71. The van der Waals surface area contributed by atoms with Gasteiger partial charge in [0, 0.05) is 5.92 Å². The summed E-state index contributed by atoms with van der Waals surface area (Å²) in [5.74, 6) is 1.04. The summed E-state index contributed by atoms with van der Waals surface area (Å²) in [7, 11) is 0. The summed E-state index contributed by atoms with van der Waals surface area (Å²) in [6.45, 7) is 8.53. The first-order chi connectivity index (χ1) is 7.80. The molecule has 0 aromatic heterocycles. The zero-order valence-electron chi connectivity index (χ0n) is 11.8. The standard InChI is InChI=1S/C15H28O2/c1-14(2)10-12(15(3,4)17-14)13(16)9-11-7-5-6-8-11/h11-13,16H,5-10H2,1-4H3. The molecule has 1 heterocycles. The Morgan fingerprint density at radius 3 is 2.24 bits per heavy atom. The highest BCUT2D eigenvalue weighted by atomic mass is 16.5. The maximum absolute atomic E-state index is 10.5. The van der Waals surface area contributed by atoms with Crippen LogP contribution in [0.3, 0.4) is 0 Å². The van der Waals surface area contributed by atoms with Crippen LogP contribution in [0.2, 0.25) is 0 Å². The molecule has 17 heavy (non-hydrogen) atoms. The van der Waals surface area contributed by atoms with Gasteiger partial charge in [0.15, 0.2) is 0 Å². The van der Waals surface area contributed by atoms with Gasteiger partial charge in [-0.3, -0.25) is 0 Å². The second kappa shape index (κ2) is 4.55. The normalized spacial score (nSPS) is 34.1. The minimum absolute atomic E-state index is 0.0785. The highest BCUT2D eigenvalue weighted by molar-refractivity contribution is 4.97. The van der Waals surface area contributed by atoms with Crippen LogP contribution in [0, 0.1) is 11.8 Å². The number of aliphatic hydroxyl groups excluding tert-OH is 1. The third-order valence-electron chi connectivity index (χ3n) is 4.66. The van der Waals surface area contributed by atoms with Crippen molar-refractivity contribution >= 4 is 0 Å². The SMILES string of the molecule is CC1(C)CC(C(O)CC2CCCC2)C(C)(C)O1. The van der Waals surface area contributed by atoms with Crippen molar-refractivity contribution in [3.05, 3.63) is 0 Å². The predicted octanol–water partition coefficient (Wildman–Crippen LogP) is 3.52. The second-order valence-corrected chi connectivity index (χ2v) is 7.23. The number of aliphatic hydroxyl groups is 1. The van der Waals surface area contributed by atoms with Gasteiger partial charge in [-0.25, -0.2) is 0 Å². The summed E-state index contributed by atoms with van der Waals surface area (Å²) in [4.78, 5) is 0. The molecule has 1 N–H and O–H groups in total. The molecule has 0 bridgehead atoms. The molecule has 0 amide bonds. The molecule has 1 aliphatic carbocycles. The van der Waals surface area contributed by atoms with E-state index in [1.807, 2.05) is 0 Å². The van der Waals surface area contributed by atoms with E-state index in [9.17, 15) is 5.11 Å². The van der Waals surface area contributed by atoms with Crippen LogP contribution in [0.1, 0.15) is 66.2 Å². The lowest BCUT2D eigenvalue weighted by molar-refractivity contribution is -0.0892. The Morgan fingerprint density at radius 1 is 1.18 bits per heavy atom. The van der Waals surface area contributed by atoms with E-state index >= 15 is 0 Å². The van der Waals surface area contributed by atoms with Crippen molar-refractivity contribution in [2.45, 2.75) is 83.5 Å². The first-order valence-corrected chi connectivity index (χ1v) is 7.18. The predicted molar refractivity (Wildman–Crippen MR) is 69.9 cm³/mol. The summed E-state index contributed by atoms with van der Waals surface area (Å²) in [5, 5.41) is 10.5. The summed E-state index contributed by atoms with van der Waals surface area (Å²) < 4.78 is 6.07. The molecule has 2 fully saturated rings. The topological polar surface area (TPSA) is 29.5 Å². The smallest absolute Gasteiger partial charge is 0.0687 e. The third-order valence-corrected chi connectivity index (χ3v) is 4.66. The van der Waals surface area contributed by atoms with Crippen LogP contribution >= 0.6 is 0 Å². The fourth-order valence-electron chi connectivity index (χ4n) is 3.96. The summed E-state index contributed by atoms with van der Waals surface area (Å²) in [6, 6.07) is 0. The largest absolute Gasteiger partial charge is 0.393 e. The van der Waals surface area contributed by atoms with Crippen molar-refractivity contribution in [1.82, 2.24) is 0 Å². The van der Waals surface area contributed by atoms with Gasteiger partial charge in [0.2, 0.25) is 0 Å². The maximum atomic E-state index is 10.5. The van der Waals surface area contributed by atoms with Crippen LogP contribution in [0.5, 0.6) is 0 Å². The van der Waals surface area contributed by atoms with Crippen molar-refractivity contribution < 1.29 is 9.84 Å². The van der Waals surface area contributed by atoms with Crippen molar-refractivity contribution in [1.29, 1.82) is 0 Å². The van der Waals surface area contributed by atoms with E-state index in [-0.39, 0.29) is 23.2 Å². The first-order valence-electron chi connectivity index (χ1n) is 7.18.